The molecule has 2 aromatic heterocycles. The first-order chi connectivity index (χ1) is 18.9. The van der Waals surface area contributed by atoms with Crippen LogP contribution in [0.2, 0.25) is 0 Å². The SMILES string of the molecule is [C-]#[N+]c1c(F)c[c-]c(-c2cccc(C(C)(C)c3cncc(C(C#N)(C#N)c4[c-]ccc(C(F)(F)F)c4)n3)n2)c1F.[Pt+2]. The van der Waals surface area contributed by atoms with Crippen molar-refractivity contribution in [3.63, 3.8) is 0 Å². The van der Waals surface area contributed by atoms with Crippen LogP contribution in [0.4, 0.5) is 27.6 Å². The molecule has 0 aliphatic carbocycles. The number of aromatic nitrogens is 3. The third-order valence-corrected chi connectivity index (χ3v) is 6.28. The van der Waals surface area contributed by atoms with Crippen molar-refractivity contribution >= 4 is 5.69 Å². The van der Waals surface area contributed by atoms with Crippen LogP contribution in [0, 0.1) is 53.0 Å². The molecule has 4 rings (SSSR count). The van der Waals surface area contributed by atoms with E-state index in [2.05, 4.69) is 31.9 Å². The number of nitrogens with zero attached hydrogens (tertiary/aromatic N) is 6. The molecule has 0 saturated heterocycles. The summed E-state index contributed by atoms with van der Waals surface area (Å²) in [6, 6.07) is 16.4. The third-order valence-electron chi connectivity index (χ3n) is 6.28. The Hall–Kier alpha value is -4.52. The zero-order valence-corrected chi connectivity index (χ0v) is 23.4. The molecule has 0 spiro atoms. The zero-order valence-electron chi connectivity index (χ0n) is 21.1. The third kappa shape index (κ3) is 5.57. The number of rotatable bonds is 5. The summed E-state index contributed by atoms with van der Waals surface area (Å²) in [7, 11) is 0. The molecule has 0 aliphatic rings. The largest absolute Gasteiger partial charge is 2.00 e. The predicted molar refractivity (Wildman–Crippen MR) is 131 cm³/mol. The van der Waals surface area contributed by atoms with E-state index in [1.807, 2.05) is 0 Å². The zero-order chi connectivity index (χ0) is 29.3. The van der Waals surface area contributed by atoms with Crippen molar-refractivity contribution in [2.45, 2.75) is 30.9 Å². The van der Waals surface area contributed by atoms with Gasteiger partial charge in [0, 0.05) is 28.9 Å². The summed E-state index contributed by atoms with van der Waals surface area (Å²) in [5.41, 5.74) is -5.45. The maximum Gasteiger partial charge on any atom is 2.00 e. The monoisotopic (exact) mass is 737 g/mol. The minimum atomic E-state index is -4.72. The quantitative estimate of drug-likeness (QED) is 0.169. The van der Waals surface area contributed by atoms with Crippen molar-refractivity contribution in [2.75, 3.05) is 0 Å². The summed E-state index contributed by atoms with van der Waals surface area (Å²) in [5.74, 6) is -2.18. The number of halogens is 5. The molecule has 0 saturated carbocycles. The molecule has 6 nitrogen and oxygen atoms in total. The molecule has 0 amide bonds. The van der Waals surface area contributed by atoms with E-state index in [9.17, 15) is 32.5 Å². The van der Waals surface area contributed by atoms with Crippen molar-refractivity contribution in [1.29, 1.82) is 10.5 Å². The van der Waals surface area contributed by atoms with Gasteiger partial charge in [0.25, 0.3) is 0 Å². The average molecular weight is 738 g/mol. The molecule has 0 radical (unpaired) electrons. The van der Waals surface area contributed by atoms with Crippen LogP contribution in [-0.4, -0.2) is 15.0 Å². The topological polar surface area (TPSA) is 90.6 Å². The Morgan fingerprint density at radius 1 is 0.951 bits per heavy atom. The van der Waals surface area contributed by atoms with E-state index in [1.54, 1.807) is 38.1 Å². The summed E-state index contributed by atoms with van der Waals surface area (Å²) >= 11 is 0. The van der Waals surface area contributed by atoms with Gasteiger partial charge in [-0.3, -0.25) is 23.6 Å². The number of pyridine rings is 1. The van der Waals surface area contributed by atoms with E-state index in [0.29, 0.717) is 11.8 Å². The van der Waals surface area contributed by atoms with Crippen molar-refractivity contribution < 1.29 is 43.0 Å². The molecule has 0 atom stereocenters. The van der Waals surface area contributed by atoms with Crippen LogP contribution in [0.5, 0.6) is 0 Å². The van der Waals surface area contributed by atoms with Crippen molar-refractivity contribution in [2.24, 2.45) is 0 Å². The second kappa shape index (κ2) is 11.5. The number of hydrogen-bond donors (Lipinski definition) is 0. The normalized spacial score (nSPS) is 11.5. The first-order valence-corrected chi connectivity index (χ1v) is 11.4. The summed E-state index contributed by atoms with van der Waals surface area (Å²) in [4.78, 5) is 15.9. The molecular weight excluding hydrogens is 722 g/mol. The van der Waals surface area contributed by atoms with Gasteiger partial charge < -0.3 is 4.98 Å². The van der Waals surface area contributed by atoms with Gasteiger partial charge >= 0.3 is 27.2 Å². The molecule has 2 aromatic carbocycles. The first kappa shape index (κ1) is 31.0. The van der Waals surface area contributed by atoms with Gasteiger partial charge in [-0.15, -0.1) is 23.3 Å². The van der Waals surface area contributed by atoms with Crippen LogP contribution in [0.15, 0.2) is 54.9 Å². The van der Waals surface area contributed by atoms with E-state index >= 15 is 0 Å². The molecule has 0 bridgehead atoms. The van der Waals surface area contributed by atoms with E-state index in [0.717, 1.165) is 24.4 Å². The fourth-order valence-corrected chi connectivity index (χ4v) is 3.94. The predicted octanol–water partition coefficient (Wildman–Crippen LogP) is 6.64. The van der Waals surface area contributed by atoms with E-state index in [1.165, 1.54) is 12.3 Å². The first-order valence-electron chi connectivity index (χ1n) is 11.4. The Bertz CT molecular complexity index is 1730. The van der Waals surface area contributed by atoms with Gasteiger partial charge in [-0.2, -0.15) is 48.0 Å². The number of alkyl halides is 3. The minimum Gasteiger partial charge on any atom is -0.300 e. The smallest absolute Gasteiger partial charge is 0.300 e. The molecule has 2 heterocycles. The Labute approximate surface area is 246 Å². The van der Waals surface area contributed by atoms with E-state index in [4.69, 9.17) is 6.57 Å². The van der Waals surface area contributed by atoms with Crippen molar-refractivity contribution in [1.82, 2.24) is 15.0 Å². The van der Waals surface area contributed by atoms with E-state index < -0.39 is 39.9 Å². The fraction of sp³-hybridized carbons (Fsp3) is 0.172. The second-order valence-electron chi connectivity index (χ2n) is 9.07. The van der Waals surface area contributed by atoms with Crippen LogP contribution in [0.3, 0.4) is 0 Å². The standard InChI is InChI=1S/C29H15F5N6.Pt/c1-27(2,22-9-5-8-21(39-22)19-10-11-20(30)26(37-3)25(19)31)23-13-38-14-24(40-23)28(15-35,16-36)17-6-4-7-18(12-17)29(32,33)34;/h4-5,7-9,11-14H,1-2H3;/q-2;+2. The summed E-state index contributed by atoms with van der Waals surface area (Å²) < 4.78 is 68.7. The number of hydrogen-bond acceptors (Lipinski definition) is 5. The van der Waals surface area contributed by atoms with Gasteiger partial charge in [-0.25, -0.2) is 0 Å². The Kier molecular flexibility index (Phi) is 8.72. The molecular formula is C29H15F5N6Pt. The molecule has 0 unspecified atom stereocenters. The molecule has 4 aromatic rings. The summed E-state index contributed by atoms with van der Waals surface area (Å²) in [5, 5.41) is 20.0. The maximum atomic E-state index is 14.8. The van der Waals surface area contributed by atoms with Gasteiger partial charge in [0.1, 0.15) is 0 Å². The second-order valence-corrected chi connectivity index (χ2v) is 9.07. The van der Waals surface area contributed by atoms with Crippen LogP contribution in [0.25, 0.3) is 16.1 Å². The Morgan fingerprint density at radius 2 is 1.63 bits per heavy atom. The van der Waals surface area contributed by atoms with Gasteiger partial charge in [-0.05, 0) is 25.6 Å². The molecule has 12 heteroatoms. The van der Waals surface area contributed by atoms with Crippen LogP contribution in [-0.2, 0) is 38.1 Å². The number of benzene rings is 2. The van der Waals surface area contributed by atoms with Gasteiger partial charge in [0.05, 0.1) is 36.3 Å². The fourth-order valence-electron chi connectivity index (χ4n) is 3.94. The van der Waals surface area contributed by atoms with Crippen LogP contribution >= 0.6 is 0 Å². The summed E-state index contributed by atoms with van der Waals surface area (Å²) in [6.45, 7) is 10.4. The minimum absolute atomic E-state index is 0. The molecule has 0 aliphatic heterocycles. The summed E-state index contributed by atoms with van der Waals surface area (Å²) in [6.07, 6.45) is -2.27. The van der Waals surface area contributed by atoms with Crippen LogP contribution < -0.4 is 0 Å². The molecule has 41 heavy (non-hydrogen) atoms. The van der Waals surface area contributed by atoms with Crippen molar-refractivity contribution in [3.05, 3.63) is 118 Å². The average Bonchev–Trinajstić information content (AvgIpc) is 2.94. The van der Waals surface area contributed by atoms with E-state index in [-0.39, 0.29) is 49.3 Å². The van der Waals surface area contributed by atoms with Gasteiger partial charge in [0.2, 0.25) is 0 Å². The van der Waals surface area contributed by atoms with Gasteiger partial charge in [0.15, 0.2) is 11.1 Å². The Balaban J connectivity index is 0.00000462. The molecule has 0 N–H and O–H groups in total. The van der Waals surface area contributed by atoms with Crippen LogP contribution in [0.1, 0.15) is 42.1 Å². The maximum absolute atomic E-state index is 14.8. The molecule has 206 valence electrons. The van der Waals surface area contributed by atoms with Gasteiger partial charge in [-0.1, -0.05) is 17.7 Å². The Morgan fingerprint density at radius 3 is 2.27 bits per heavy atom. The van der Waals surface area contributed by atoms with Crippen molar-refractivity contribution in [3.8, 4) is 23.4 Å². The number of nitriles is 2. The molecule has 0 fully saturated rings.